The molecule has 0 heterocycles. The largest absolute Gasteiger partial charge is 0.415 e. The van der Waals surface area contributed by atoms with Crippen molar-refractivity contribution in [1.29, 1.82) is 0 Å². The van der Waals surface area contributed by atoms with Crippen molar-refractivity contribution in [3.8, 4) is 0 Å². The van der Waals surface area contributed by atoms with Crippen molar-refractivity contribution in [2.75, 3.05) is 33.0 Å². The zero-order valence-corrected chi connectivity index (χ0v) is 11.1. The van der Waals surface area contributed by atoms with Crippen LogP contribution in [0, 0.1) is 0 Å². The third-order valence-electron chi connectivity index (χ3n) is 1.99. The molecule has 0 aromatic heterocycles. The monoisotopic (exact) mass is 232 g/mol. The Morgan fingerprint density at radius 1 is 0.800 bits per heavy atom. The average molecular weight is 232 g/mol. The maximum atomic E-state index is 5.42. The molecule has 0 saturated carbocycles. The van der Waals surface area contributed by atoms with Gasteiger partial charge in [0.05, 0.1) is 26.4 Å². The molecule has 0 spiro atoms. The van der Waals surface area contributed by atoms with Crippen LogP contribution in [0.15, 0.2) is 0 Å². The molecule has 2 radical (unpaired) electrons. The maximum absolute atomic E-state index is 5.42. The van der Waals surface area contributed by atoms with Crippen LogP contribution in [0.2, 0.25) is 6.55 Å². The molecule has 0 amide bonds. The van der Waals surface area contributed by atoms with Gasteiger partial charge in [-0.3, -0.25) is 0 Å². The van der Waals surface area contributed by atoms with Gasteiger partial charge in [0.25, 0.3) is 0 Å². The van der Waals surface area contributed by atoms with E-state index in [-0.39, 0.29) is 0 Å². The molecule has 0 unspecified atom stereocenters. The molecule has 0 saturated heterocycles. The molecule has 0 aliphatic carbocycles. The van der Waals surface area contributed by atoms with Crippen LogP contribution in [0.1, 0.15) is 32.6 Å². The molecule has 0 N–H and O–H groups in total. The molecular formula is C11H24O3Si. The van der Waals surface area contributed by atoms with E-state index in [4.69, 9.17) is 13.9 Å². The Hall–Kier alpha value is 0.0969. The molecule has 0 rings (SSSR count). The van der Waals surface area contributed by atoms with Crippen LogP contribution in [-0.4, -0.2) is 42.8 Å². The smallest absolute Gasteiger partial charge is 0.226 e. The van der Waals surface area contributed by atoms with Gasteiger partial charge < -0.3 is 13.9 Å². The van der Waals surface area contributed by atoms with Crippen LogP contribution in [0.3, 0.4) is 0 Å². The maximum Gasteiger partial charge on any atom is 0.226 e. The molecule has 90 valence electrons. The summed E-state index contributed by atoms with van der Waals surface area (Å²) in [6, 6.07) is 0. The summed E-state index contributed by atoms with van der Waals surface area (Å²) < 4.78 is 15.9. The fourth-order valence-electron chi connectivity index (χ4n) is 1.16. The van der Waals surface area contributed by atoms with Gasteiger partial charge >= 0.3 is 0 Å². The predicted molar refractivity (Wildman–Crippen MR) is 63.4 cm³/mol. The topological polar surface area (TPSA) is 27.7 Å². The minimum atomic E-state index is 0.558. The van der Waals surface area contributed by atoms with Gasteiger partial charge in [0.1, 0.15) is 0 Å². The lowest BCUT2D eigenvalue weighted by molar-refractivity contribution is 0.0357. The van der Waals surface area contributed by atoms with Crippen LogP contribution in [0.25, 0.3) is 0 Å². The van der Waals surface area contributed by atoms with Gasteiger partial charge in [-0.15, -0.1) is 0 Å². The van der Waals surface area contributed by atoms with Crippen molar-refractivity contribution < 1.29 is 13.9 Å². The third kappa shape index (κ3) is 14.1. The third-order valence-corrected chi connectivity index (χ3v) is 2.48. The van der Waals surface area contributed by atoms with E-state index in [2.05, 4.69) is 6.92 Å². The van der Waals surface area contributed by atoms with Crippen molar-refractivity contribution in [3.63, 3.8) is 0 Å². The highest BCUT2D eigenvalue weighted by atomic mass is 28.2. The normalized spacial score (nSPS) is 10.8. The highest BCUT2D eigenvalue weighted by Crippen LogP contribution is 1.98. The summed E-state index contributed by atoms with van der Waals surface area (Å²) in [4.78, 5) is 0. The zero-order valence-electron chi connectivity index (χ0n) is 10.1. The van der Waals surface area contributed by atoms with Crippen molar-refractivity contribution in [1.82, 2.24) is 0 Å². The number of rotatable bonds is 12. The van der Waals surface area contributed by atoms with E-state index in [1.165, 1.54) is 25.7 Å². The molecule has 15 heavy (non-hydrogen) atoms. The Bertz CT molecular complexity index is 100. The first-order valence-electron chi connectivity index (χ1n) is 5.85. The first-order valence-corrected chi connectivity index (χ1v) is 7.26. The van der Waals surface area contributed by atoms with E-state index in [9.17, 15) is 0 Å². The van der Waals surface area contributed by atoms with Crippen LogP contribution in [0.5, 0.6) is 0 Å². The van der Waals surface area contributed by atoms with Crippen molar-refractivity contribution in [2.45, 2.75) is 39.2 Å². The zero-order chi connectivity index (χ0) is 11.2. The Balaban J connectivity index is 2.81. The number of unbranched alkanes of at least 4 members (excludes halogenated alkanes) is 3. The standard InChI is InChI=1S/C11H24O3Si/c1-3-4-5-6-7-12-8-9-13-10-11-14-15-2/h3-11H2,1-2H3. The molecule has 0 aromatic carbocycles. The summed E-state index contributed by atoms with van der Waals surface area (Å²) >= 11 is 0. The molecule has 0 bridgehead atoms. The second-order valence-electron chi connectivity index (χ2n) is 3.34. The second kappa shape index (κ2) is 14.1. The number of hydrogen-bond donors (Lipinski definition) is 0. The van der Waals surface area contributed by atoms with E-state index < -0.39 is 0 Å². The molecule has 3 nitrogen and oxygen atoms in total. The van der Waals surface area contributed by atoms with E-state index in [1.54, 1.807) is 0 Å². The first kappa shape index (κ1) is 15.1. The SMILES string of the molecule is CCCCCCOCCOCCO[Si]C. The van der Waals surface area contributed by atoms with E-state index in [0.717, 1.165) is 6.61 Å². The summed E-state index contributed by atoms with van der Waals surface area (Å²) in [5, 5.41) is 0. The fourth-order valence-corrected chi connectivity index (χ4v) is 1.44. The lowest BCUT2D eigenvalue weighted by Gasteiger charge is -2.05. The average Bonchev–Trinajstić information content (AvgIpc) is 2.26. The number of hydrogen-bond acceptors (Lipinski definition) is 3. The minimum absolute atomic E-state index is 0.558. The Morgan fingerprint density at radius 3 is 2.13 bits per heavy atom. The van der Waals surface area contributed by atoms with Crippen molar-refractivity contribution >= 4 is 9.76 Å². The number of ether oxygens (including phenoxy) is 2. The molecule has 0 aliphatic heterocycles. The molecule has 4 heteroatoms. The van der Waals surface area contributed by atoms with Crippen LogP contribution >= 0.6 is 0 Å². The summed E-state index contributed by atoms with van der Waals surface area (Å²) in [6.45, 7) is 7.87. The molecule has 0 fully saturated rings. The van der Waals surface area contributed by atoms with Crippen LogP contribution < -0.4 is 0 Å². The van der Waals surface area contributed by atoms with Crippen LogP contribution in [0.4, 0.5) is 0 Å². The van der Waals surface area contributed by atoms with E-state index in [1.807, 2.05) is 6.55 Å². The molecule has 0 atom stereocenters. The summed E-state index contributed by atoms with van der Waals surface area (Å²) in [7, 11) is 0.558. The van der Waals surface area contributed by atoms with Gasteiger partial charge in [0.2, 0.25) is 9.76 Å². The van der Waals surface area contributed by atoms with Gasteiger partial charge in [0, 0.05) is 6.61 Å². The minimum Gasteiger partial charge on any atom is -0.415 e. The van der Waals surface area contributed by atoms with Crippen molar-refractivity contribution in [3.05, 3.63) is 0 Å². The van der Waals surface area contributed by atoms with Crippen LogP contribution in [-0.2, 0) is 13.9 Å². The molecule has 0 aliphatic rings. The molecule has 0 aromatic rings. The Kier molecular flexibility index (Phi) is 14.2. The summed E-state index contributed by atoms with van der Waals surface area (Å²) in [5.41, 5.74) is 0. The highest BCUT2D eigenvalue weighted by Gasteiger charge is 1.91. The summed E-state index contributed by atoms with van der Waals surface area (Å²) in [6.07, 6.45) is 5.05. The van der Waals surface area contributed by atoms with Gasteiger partial charge in [-0.1, -0.05) is 26.2 Å². The second-order valence-corrected chi connectivity index (χ2v) is 4.03. The van der Waals surface area contributed by atoms with Gasteiger partial charge in [-0.25, -0.2) is 0 Å². The van der Waals surface area contributed by atoms with E-state index >= 15 is 0 Å². The van der Waals surface area contributed by atoms with Gasteiger partial charge in [0.15, 0.2) is 0 Å². The first-order chi connectivity index (χ1) is 7.41. The Morgan fingerprint density at radius 2 is 1.47 bits per heavy atom. The summed E-state index contributed by atoms with van der Waals surface area (Å²) in [5.74, 6) is 0. The lowest BCUT2D eigenvalue weighted by Crippen LogP contribution is -2.10. The Labute approximate surface area is 96.4 Å². The van der Waals surface area contributed by atoms with E-state index in [0.29, 0.717) is 36.2 Å². The van der Waals surface area contributed by atoms with Crippen molar-refractivity contribution in [2.24, 2.45) is 0 Å². The quantitative estimate of drug-likeness (QED) is 0.382. The lowest BCUT2D eigenvalue weighted by atomic mass is 10.2. The van der Waals surface area contributed by atoms with Gasteiger partial charge in [-0.2, -0.15) is 0 Å². The fraction of sp³-hybridized carbons (Fsp3) is 1.00. The van der Waals surface area contributed by atoms with Gasteiger partial charge in [-0.05, 0) is 13.0 Å². The highest BCUT2D eigenvalue weighted by molar-refractivity contribution is 6.24. The predicted octanol–water partition coefficient (Wildman–Crippen LogP) is 2.28. The molecular weight excluding hydrogens is 208 g/mol.